The summed E-state index contributed by atoms with van der Waals surface area (Å²) in [5.41, 5.74) is 0.457. The molecule has 1 unspecified atom stereocenters. The number of amides is 1. The first-order valence-electron chi connectivity index (χ1n) is 7.45. The number of halogens is 2. The molecule has 0 bridgehead atoms. The van der Waals surface area contributed by atoms with Crippen molar-refractivity contribution in [3.05, 3.63) is 82.6 Å². The van der Waals surface area contributed by atoms with Crippen molar-refractivity contribution in [1.82, 2.24) is 5.32 Å². The minimum atomic E-state index is -0.899. The largest absolute Gasteiger partial charge is 0.387 e. The van der Waals surface area contributed by atoms with Crippen LogP contribution in [-0.2, 0) is 0 Å². The molecule has 5 heteroatoms. The van der Waals surface area contributed by atoms with Crippen molar-refractivity contribution in [2.24, 2.45) is 0 Å². The van der Waals surface area contributed by atoms with Gasteiger partial charge in [-0.15, -0.1) is 0 Å². The summed E-state index contributed by atoms with van der Waals surface area (Å²) in [6.45, 7) is -0.0398. The first kappa shape index (κ1) is 16.4. The van der Waals surface area contributed by atoms with Crippen molar-refractivity contribution in [1.29, 1.82) is 0 Å². The van der Waals surface area contributed by atoms with Gasteiger partial charge in [0, 0.05) is 6.54 Å². The molecular weight excluding hydrogens is 329 g/mol. The number of hydrogen-bond donors (Lipinski definition) is 2. The number of aliphatic hydroxyl groups is 1. The number of aliphatic hydroxyl groups excluding tert-OH is 1. The normalized spacial score (nSPS) is 12.1. The molecule has 3 nitrogen and oxygen atoms in total. The van der Waals surface area contributed by atoms with Crippen molar-refractivity contribution in [3.63, 3.8) is 0 Å². The summed E-state index contributed by atoms with van der Waals surface area (Å²) in [6.07, 6.45) is -0.899. The van der Waals surface area contributed by atoms with Crippen LogP contribution in [0, 0.1) is 5.82 Å². The van der Waals surface area contributed by atoms with Gasteiger partial charge in [-0.3, -0.25) is 4.79 Å². The number of benzene rings is 3. The van der Waals surface area contributed by atoms with E-state index in [0.29, 0.717) is 5.56 Å². The molecule has 0 aliphatic carbocycles. The molecule has 0 aliphatic heterocycles. The van der Waals surface area contributed by atoms with Gasteiger partial charge in [0.1, 0.15) is 5.82 Å². The van der Waals surface area contributed by atoms with Gasteiger partial charge in [0.25, 0.3) is 5.91 Å². The molecule has 2 N–H and O–H groups in total. The predicted octanol–water partition coefficient (Wildman–Crippen LogP) is 4.10. The predicted molar refractivity (Wildman–Crippen MR) is 92.7 cm³/mol. The smallest absolute Gasteiger partial charge is 0.255 e. The molecule has 3 rings (SSSR count). The first-order valence-corrected chi connectivity index (χ1v) is 7.83. The minimum Gasteiger partial charge on any atom is -0.387 e. The Balaban J connectivity index is 1.72. The molecule has 0 heterocycles. The fourth-order valence-electron chi connectivity index (χ4n) is 2.53. The highest BCUT2D eigenvalue weighted by Crippen LogP contribution is 2.21. The van der Waals surface area contributed by atoms with Gasteiger partial charge < -0.3 is 10.4 Å². The van der Waals surface area contributed by atoms with Crippen molar-refractivity contribution in [2.75, 3.05) is 6.54 Å². The summed E-state index contributed by atoms with van der Waals surface area (Å²) >= 11 is 5.86. The average molecular weight is 344 g/mol. The molecule has 3 aromatic rings. The van der Waals surface area contributed by atoms with E-state index in [1.807, 2.05) is 36.4 Å². The highest BCUT2D eigenvalue weighted by atomic mass is 35.5. The number of fused-ring (bicyclic) bond motifs is 1. The molecule has 0 aliphatic rings. The van der Waals surface area contributed by atoms with Crippen molar-refractivity contribution in [3.8, 4) is 0 Å². The second-order valence-electron chi connectivity index (χ2n) is 5.43. The van der Waals surface area contributed by atoms with E-state index in [9.17, 15) is 14.3 Å². The van der Waals surface area contributed by atoms with E-state index in [2.05, 4.69) is 5.32 Å². The highest BCUT2D eigenvalue weighted by Gasteiger charge is 2.17. The Morgan fingerprint density at radius 3 is 2.58 bits per heavy atom. The zero-order valence-corrected chi connectivity index (χ0v) is 13.4. The molecule has 0 saturated heterocycles. The third-order valence-corrected chi connectivity index (χ3v) is 4.12. The van der Waals surface area contributed by atoms with Gasteiger partial charge >= 0.3 is 0 Å². The molecule has 122 valence electrons. The van der Waals surface area contributed by atoms with Gasteiger partial charge in [0.05, 0.1) is 16.7 Å². The summed E-state index contributed by atoms with van der Waals surface area (Å²) in [7, 11) is 0. The number of rotatable bonds is 4. The Hall–Kier alpha value is -2.43. The first-order chi connectivity index (χ1) is 11.6. The van der Waals surface area contributed by atoms with Gasteiger partial charge in [0.2, 0.25) is 0 Å². The van der Waals surface area contributed by atoms with E-state index in [-0.39, 0.29) is 17.1 Å². The van der Waals surface area contributed by atoms with Gasteiger partial charge in [0.15, 0.2) is 0 Å². The van der Waals surface area contributed by atoms with Gasteiger partial charge in [-0.25, -0.2) is 4.39 Å². The number of carbonyl (C=O) groups excluding carboxylic acids is 1. The highest BCUT2D eigenvalue weighted by molar-refractivity contribution is 6.33. The SMILES string of the molecule is O=C(NCC(O)c1ccc2ccccc2c1)c1c(F)cccc1Cl. The third kappa shape index (κ3) is 3.40. The molecule has 0 radical (unpaired) electrons. The molecule has 0 saturated carbocycles. The van der Waals surface area contributed by atoms with Crippen LogP contribution < -0.4 is 5.32 Å². The number of nitrogens with one attached hydrogen (secondary N) is 1. The molecule has 0 spiro atoms. The Bertz CT molecular complexity index is 877. The van der Waals surface area contributed by atoms with Crippen LogP contribution in [0.15, 0.2) is 60.7 Å². The lowest BCUT2D eigenvalue weighted by Gasteiger charge is -2.14. The summed E-state index contributed by atoms with van der Waals surface area (Å²) in [4.78, 5) is 12.1. The standard InChI is InChI=1S/C19H15ClFNO2/c20-15-6-3-7-16(21)18(15)19(24)22-11-17(23)14-9-8-12-4-1-2-5-13(12)10-14/h1-10,17,23H,11H2,(H,22,24). The minimum absolute atomic E-state index is 0.0349. The lowest BCUT2D eigenvalue weighted by atomic mass is 10.0. The van der Waals surface area contributed by atoms with Crippen LogP contribution in [0.4, 0.5) is 4.39 Å². The maximum Gasteiger partial charge on any atom is 0.255 e. The zero-order chi connectivity index (χ0) is 17.1. The van der Waals surface area contributed by atoms with Crippen molar-refractivity contribution in [2.45, 2.75) is 6.10 Å². The summed E-state index contributed by atoms with van der Waals surface area (Å²) in [5.74, 6) is -1.35. The summed E-state index contributed by atoms with van der Waals surface area (Å²) in [6, 6.07) is 17.4. The molecule has 3 aromatic carbocycles. The number of carbonyl (C=O) groups is 1. The molecule has 0 fully saturated rings. The third-order valence-electron chi connectivity index (χ3n) is 3.80. The Kier molecular flexibility index (Phi) is 4.79. The van der Waals surface area contributed by atoms with E-state index >= 15 is 0 Å². The van der Waals surface area contributed by atoms with E-state index in [0.717, 1.165) is 10.8 Å². The van der Waals surface area contributed by atoms with Crippen LogP contribution >= 0.6 is 11.6 Å². The number of hydrogen-bond acceptors (Lipinski definition) is 2. The summed E-state index contributed by atoms with van der Waals surface area (Å²) < 4.78 is 13.7. The van der Waals surface area contributed by atoms with Crippen LogP contribution in [-0.4, -0.2) is 17.6 Å². The Morgan fingerprint density at radius 2 is 1.83 bits per heavy atom. The van der Waals surface area contributed by atoms with Gasteiger partial charge in [-0.1, -0.05) is 54.1 Å². The zero-order valence-electron chi connectivity index (χ0n) is 12.7. The van der Waals surface area contributed by atoms with Crippen LogP contribution in [0.5, 0.6) is 0 Å². The Morgan fingerprint density at radius 1 is 1.08 bits per heavy atom. The topological polar surface area (TPSA) is 49.3 Å². The average Bonchev–Trinajstić information content (AvgIpc) is 2.59. The van der Waals surface area contributed by atoms with Crippen molar-refractivity contribution >= 4 is 28.3 Å². The molecular formula is C19H15ClFNO2. The van der Waals surface area contributed by atoms with Crippen LogP contribution in [0.25, 0.3) is 10.8 Å². The fourth-order valence-corrected chi connectivity index (χ4v) is 2.77. The van der Waals surface area contributed by atoms with E-state index in [1.54, 1.807) is 6.07 Å². The van der Waals surface area contributed by atoms with Gasteiger partial charge in [-0.05, 0) is 34.5 Å². The fraction of sp³-hybridized carbons (Fsp3) is 0.105. The monoisotopic (exact) mass is 343 g/mol. The van der Waals surface area contributed by atoms with E-state index < -0.39 is 17.8 Å². The van der Waals surface area contributed by atoms with Crippen LogP contribution in [0.1, 0.15) is 22.0 Å². The quantitative estimate of drug-likeness (QED) is 0.749. The molecule has 1 atom stereocenters. The maximum atomic E-state index is 13.7. The molecule has 0 aromatic heterocycles. The van der Waals surface area contributed by atoms with Crippen LogP contribution in [0.3, 0.4) is 0 Å². The summed E-state index contributed by atoms with van der Waals surface area (Å²) in [5, 5.41) is 14.9. The lowest BCUT2D eigenvalue weighted by molar-refractivity contribution is 0.0912. The molecule has 24 heavy (non-hydrogen) atoms. The second kappa shape index (κ2) is 6.99. The maximum absolute atomic E-state index is 13.7. The second-order valence-corrected chi connectivity index (χ2v) is 5.84. The van der Waals surface area contributed by atoms with Crippen molar-refractivity contribution < 1.29 is 14.3 Å². The van der Waals surface area contributed by atoms with Crippen LogP contribution in [0.2, 0.25) is 5.02 Å². The van der Waals surface area contributed by atoms with E-state index in [4.69, 9.17) is 11.6 Å². The Labute approximate surface area is 143 Å². The lowest BCUT2D eigenvalue weighted by Crippen LogP contribution is -2.29. The van der Waals surface area contributed by atoms with E-state index in [1.165, 1.54) is 18.2 Å². The van der Waals surface area contributed by atoms with Gasteiger partial charge in [-0.2, -0.15) is 0 Å². The molecule has 1 amide bonds.